The molecule has 0 saturated carbocycles. The Kier molecular flexibility index (Phi) is 5.00. The lowest BCUT2D eigenvalue weighted by Gasteiger charge is -2.07. The van der Waals surface area contributed by atoms with Gasteiger partial charge in [-0.05, 0) is 48.5 Å². The molecule has 2 aromatic heterocycles. The van der Waals surface area contributed by atoms with Crippen molar-refractivity contribution in [1.29, 1.82) is 0 Å². The van der Waals surface area contributed by atoms with Gasteiger partial charge in [0, 0.05) is 16.8 Å². The van der Waals surface area contributed by atoms with Gasteiger partial charge in [0.1, 0.15) is 16.6 Å². The molecule has 0 aliphatic heterocycles. The van der Waals surface area contributed by atoms with Gasteiger partial charge in [-0.2, -0.15) is 0 Å². The van der Waals surface area contributed by atoms with Gasteiger partial charge in [0.25, 0.3) is 5.91 Å². The molecule has 0 spiro atoms. The highest BCUT2D eigenvalue weighted by Gasteiger charge is 2.08. The van der Waals surface area contributed by atoms with Crippen LogP contribution in [0.25, 0.3) is 20.8 Å². The van der Waals surface area contributed by atoms with Crippen LogP contribution < -0.4 is 10.1 Å². The molecule has 0 radical (unpaired) electrons. The number of benzene rings is 2. The fourth-order valence-electron chi connectivity index (χ4n) is 2.45. The molecule has 0 bridgehead atoms. The fraction of sp³-hybridized carbons (Fsp3) is 0.0500. The van der Waals surface area contributed by atoms with Crippen molar-refractivity contribution in [3.8, 4) is 16.3 Å². The Morgan fingerprint density at radius 1 is 1.07 bits per heavy atom. The van der Waals surface area contributed by atoms with Crippen LogP contribution in [0.4, 0.5) is 5.82 Å². The number of carbonyl (C=O) groups is 1. The number of nitrogens with zero attached hydrogens (tertiary/aromatic N) is 2. The molecular formula is C20H14ClN3O2S. The molecule has 134 valence electrons. The summed E-state index contributed by atoms with van der Waals surface area (Å²) in [5.41, 5.74) is 1.88. The first-order valence-electron chi connectivity index (χ1n) is 8.17. The topological polar surface area (TPSA) is 64.1 Å². The number of anilines is 1. The van der Waals surface area contributed by atoms with Crippen LogP contribution in [0.2, 0.25) is 5.02 Å². The minimum absolute atomic E-state index is 0.108. The van der Waals surface area contributed by atoms with E-state index < -0.39 is 0 Å². The zero-order valence-electron chi connectivity index (χ0n) is 14.1. The van der Waals surface area contributed by atoms with Gasteiger partial charge in [-0.25, -0.2) is 9.97 Å². The lowest BCUT2D eigenvalue weighted by Crippen LogP contribution is -2.20. The maximum atomic E-state index is 12.0. The van der Waals surface area contributed by atoms with Gasteiger partial charge in [-0.3, -0.25) is 4.79 Å². The summed E-state index contributed by atoms with van der Waals surface area (Å²) in [5, 5.41) is 4.22. The lowest BCUT2D eigenvalue weighted by molar-refractivity contribution is -0.118. The summed E-state index contributed by atoms with van der Waals surface area (Å²) in [7, 11) is 0. The van der Waals surface area contributed by atoms with Crippen LogP contribution in [0.5, 0.6) is 5.75 Å². The third-order valence-electron chi connectivity index (χ3n) is 3.76. The maximum absolute atomic E-state index is 12.0. The van der Waals surface area contributed by atoms with Crippen LogP contribution in [-0.4, -0.2) is 22.5 Å². The number of aromatic nitrogens is 2. The summed E-state index contributed by atoms with van der Waals surface area (Å²) in [6.07, 6.45) is 1.70. The molecule has 7 heteroatoms. The molecule has 0 aliphatic rings. The van der Waals surface area contributed by atoms with E-state index in [1.165, 1.54) is 0 Å². The van der Waals surface area contributed by atoms with Crippen molar-refractivity contribution in [2.24, 2.45) is 0 Å². The Bertz CT molecular complexity index is 1050. The van der Waals surface area contributed by atoms with Gasteiger partial charge in [-0.15, -0.1) is 11.3 Å². The molecule has 0 atom stereocenters. The summed E-state index contributed by atoms with van der Waals surface area (Å²) in [5.74, 6) is 0.753. The number of amides is 1. The van der Waals surface area contributed by atoms with Gasteiger partial charge in [0.2, 0.25) is 0 Å². The molecule has 0 fully saturated rings. The zero-order valence-corrected chi connectivity index (χ0v) is 15.6. The van der Waals surface area contributed by atoms with E-state index in [1.807, 2.05) is 30.3 Å². The van der Waals surface area contributed by atoms with Gasteiger partial charge in [0.15, 0.2) is 6.61 Å². The normalized spacial score (nSPS) is 10.7. The number of para-hydroxylation sites is 1. The SMILES string of the molecule is O=C(COc1ccc(Cl)cc1)Nc1ccc(-c2nc3ccccc3s2)cn1. The van der Waals surface area contributed by atoms with Gasteiger partial charge < -0.3 is 10.1 Å². The Balaban J connectivity index is 1.38. The number of hydrogen-bond donors (Lipinski definition) is 1. The van der Waals surface area contributed by atoms with Crippen LogP contribution in [-0.2, 0) is 4.79 Å². The highest BCUT2D eigenvalue weighted by atomic mass is 35.5. The van der Waals surface area contributed by atoms with E-state index in [1.54, 1.807) is 47.9 Å². The van der Waals surface area contributed by atoms with Crippen molar-refractivity contribution >= 4 is 44.9 Å². The Labute approximate surface area is 164 Å². The summed E-state index contributed by atoms with van der Waals surface area (Å²) in [6.45, 7) is -0.108. The first-order chi connectivity index (χ1) is 13.2. The van der Waals surface area contributed by atoms with Crippen molar-refractivity contribution in [2.45, 2.75) is 0 Å². The lowest BCUT2D eigenvalue weighted by atomic mass is 10.3. The second-order valence-electron chi connectivity index (χ2n) is 5.71. The van der Waals surface area contributed by atoms with E-state index in [-0.39, 0.29) is 12.5 Å². The van der Waals surface area contributed by atoms with Crippen LogP contribution in [0.1, 0.15) is 0 Å². The third kappa shape index (κ3) is 4.24. The second-order valence-corrected chi connectivity index (χ2v) is 7.18. The van der Waals surface area contributed by atoms with Crippen molar-refractivity contribution in [2.75, 3.05) is 11.9 Å². The minimum atomic E-state index is -0.287. The number of nitrogens with one attached hydrogen (secondary N) is 1. The summed E-state index contributed by atoms with van der Waals surface area (Å²) >= 11 is 7.42. The predicted molar refractivity (Wildman–Crippen MR) is 108 cm³/mol. The number of halogens is 1. The molecule has 1 N–H and O–H groups in total. The monoisotopic (exact) mass is 395 g/mol. The Morgan fingerprint density at radius 2 is 1.89 bits per heavy atom. The number of rotatable bonds is 5. The molecular weight excluding hydrogens is 382 g/mol. The maximum Gasteiger partial charge on any atom is 0.263 e. The van der Waals surface area contributed by atoms with E-state index in [4.69, 9.17) is 16.3 Å². The molecule has 2 heterocycles. The van der Waals surface area contributed by atoms with E-state index in [0.29, 0.717) is 16.6 Å². The number of fused-ring (bicyclic) bond motifs is 1. The van der Waals surface area contributed by atoms with Crippen LogP contribution in [0, 0.1) is 0 Å². The number of carbonyl (C=O) groups excluding carboxylic acids is 1. The number of thiazole rings is 1. The molecule has 0 aliphatic carbocycles. The molecule has 4 aromatic rings. The van der Waals surface area contributed by atoms with Crippen LogP contribution in [0.3, 0.4) is 0 Å². The van der Waals surface area contributed by atoms with Crippen molar-refractivity contribution in [1.82, 2.24) is 9.97 Å². The Hall–Kier alpha value is -2.96. The molecule has 27 heavy (non-hydrogen) atoms. The number of ether oxygens (including phenoxy) is 1. The van der Waals surface area contributed by atoms with Crippen LogP contribution in [0.15, 0.2) is 66.9 Å². The predicted octanol–water partition coefficient (Wildman–Crippen LogP) is 5.03. The van der Waals surface area contributed by atoms with E-state index in [9.17, 15) is 4.79 Å². The van der Waals surface area contributed by atoms with Crippen molar-refractivity contribution < 1.29 is 9.53 Å². The highest BCUT2D eigenvalue weighted by Crippen LogP contribution is 2.29. The summed E-state index contributed by atoms with van der Waals surface area (Å²) in [4.78, 5) is 20.9. The van der Waals surface area contributed by atoms with Crippen molar-refractivity contribution in [3.63, 3.8) is 0 Å². The highest BCUT2D eigenvalue weighted by molar-refractivity contribution is 7.21. The molecule has 0 saturated heterocycles. The first-order valence-corrected chi connectivity index (χ1v) is 9.37. The largest absolute Gasteiger partial charge is 0.484 e. The third-order valence-corrected chi connectivity index (χ3v) is 5.09. The van der Waals surface area contributed by atoms with E-state index >= 15 is 0 Å². The quantitative estimate of drug-likeness (QED) is 0.514. The van der Waals surface area contributed by atoms with Crippen LogP contribution >= 0.6 is 22.9 Å². The summed E-state index contributed by atoms with van der Waals surface area (Å²) in [6, 6.07) is 18.5. The standard InChI is InChI=1S/C20H14ClN3O2S/c21-14-6-8-15(9-7-14)26-12-19(25)24-18-10-5-13(11-22-18)20-23-16-3-1-2-4-17(16)27-20/h1-11H,12H2,(H,22,24,25). The second kappa shape index (κ2) is 7.73. The van der Waals surface area contributed by atoms with Crippen molar-refractivity contribution in [3.05, 3.63) is 71.9 Å². The summed E-state index contributed by atoms with van der Waals surface area (Å²) < 4.78 is 6.54. The molecule has 0 unspecified atom stereocenters. The first kappa shape index (κ1) is 17.5. The number of pyridine rings is 1. The average Bonchev–Trinajstić information content (AvgIpc) is 3.12. The smallest absolute Gasteiger partial charge is 0.263 e. The number of hydrogen-bond acceptors (Lipinski definition) is 5. The van der Waals surface area contributed by atoms with Gasteiger partial charge >= 0.3 is 0 Å². The Morgan fingerprint density at radius 3 is 2.63 bits per heavy atom. The molecule has 5 nitrogen and oxygen atoms in total. The molecule has 4 rings (SSSR count). The van der Waals surface area contributed by atoms with E-state index in [0.717, 1.165) is 20.8 Å². The fourth-order valence-corrected chi connectivity index (χ4v) is 3.53. The zero-order chi connectivity index (χ0) is 18.6. The van der Waals surface area contributed by atoms with E-state index in [2.05, 4.69) is 15.3 Å². The molecule has 1 amide bonds. The van der Waals surface area contributed by atoms with Gasteiger partial charge in [-0.1, -0.05) is 23.7 Å². The average molecular weight is 396 g/mol. The van der Waals surface area contributed by atoms with Gasteiger partial charge in [0.05, 0.1) is 10.2 Å². The minimum Gasteiger partial charge on any atom is -0.484 e. The molecule has 2 aromatic carbocycles.